The van der Waals surface area contributed by atoms with Gasteiger partial charge in [0.05, 0.1) is 5.92 Å². The molecule has 19 heavy (non-hydrogen) atoms. The van der Waals surface area contributed by atoms with E-state index in [-0.39, 0.29) is 13.0 Å². The number of hydrogen-bond acceptors (Lipinski definition) is 1. The third kappa shape index (κ3) is 4.09. The maximum absolute atomic E-state index is 13.0. The zero-order valence-corrected chi connectivity index (χ0v) is 10.2. The van der Waals surface area contributed by atoms with Crippen molar-refractivity contribution in [2.24, 2.45) is 11.8 Å². The van der Waals surface area contributed by atoms with Gasteiger partial charge in [0.15, 0.2) is 6.04 Å². The van der Waals surface area contributed by atoms with Crippen LogP contribution in [0, 0.1) is 11.8 Å². The number of nitrogens with zero attached hydrogens (tertiary/aromatic N) is 1. The van der Waals surface area contributed by atoms with Crippen molar-refractivity contribution in [2.45, 2.75) is 31.7 Å². The van der Waals surface area contributed by atoms with E-state index in [0.29, 0.717) is 4.90 Å². The molecule has 0 N–H and O–H groups in total. The van der Waals surface area contributed by atoms with E-state index in [1.165, 1.54) is 6.92 Å². The highest BCUT2D eigenvalue weighted by atomic mass is 19.4. The summed E-state index contributed by atoms with van der Waals surface area (Å²) in [6.45, 7) is 2.92. The zero-order valence-electron chi connectivity index (χ0n) is 10.2. The predicted octanol–water partition coefficient (Wildman–Crippen LogP) is 3.92. The fraction of sp³-hybridized carbons (Fsp3) is 0.818. The molecule has 0 aromatic carbocycles. The lowest BCUT2D eigenvalue weighted by atomic mass is 9.89. The standard InChI is InChI=1S/C11H14F7N/c1-6-3-8(10(13,14)15)5-19(4-6)9(7(2)12)11(16,17)18/h6,8-9H,2-5H2,1H3. The van der Waals surface area contributed by atoms with Crippen LogP contribution in [0.25, 0.3) is 0 Å². The van der Waals surface area contributed by atoms with E-state index in [2.05, 4.69) is 6.58 Å². The first-order valence-corrected chi connectivity index (χ1v) is 5.64. The lowest BCUT2D eigenvalue weighted by Gasteiger charge is -2.41. The van der Waals surface area contributed by atoms with Gasteiger partial charge in [0.25, 0.3) is 0 Å². The second-order valence-corrected chi connectivity index (χ2v) is 4.92. The van der Waals surface area contributed by atoms with Crippen LogP contribution in [-0.4, -0.2) is 36.4 Å². The first-order chi connectivity index (χ1) is 8.43. The quantitative estimate of drug-likeness (QED) is 0.697. The summed E-state index contributed by atoms with van der Waals surface area (Å²) >= 11 is 0. The van der Waals surface area contributed by atoms with Crippen molar-refractivity contribution in [2.75, 3.05) is 13.1 Å². The summed E-state index contributed by atoms with van der Waals surface area (Å²) in [5.74, 6) is -4.15. The highest BCUT2D eigenvalue weighted by molar-refractivity contribution is 5.03. The Balaban J connectivity index is 2.95. The second kappa shape index (κ2) is 5.30. The van der Waals surface area contributed by atoms with Crippen LogP contribution in [0.15, 0.2) is 12.4 Å². The molecule has 1 rings (SSSR count). The van der Waals surface area contributed by atoms with Crippen molar-refractivity contribution in [1.82, 2.24) is 4.90 Å². The van der Waals surface area contributed by atoms with Gasteiger partial charge in [0.2, 0.25) is 0 Å². The molecule has 3 unspecified atom stereocenters. The third-order valence-corrected chi connectivity index (χ3v) is 3.12. The van der Waals surface area contributed by atoms with Crippen LogP contribution in [0.4, 0.5) is 30.7 Å². The minimum Gasteiger partial charge on any atom is -0.286 e. The van der Waals surface area contributed by atoms with Crippen LogP contribution in [0.5, 0.6) is 0 Å². The number of likely N-dealkylation sites (tertiary alicyclic amines) is 1. The second-order valence-electron chi connectivity index (χ2n) is 4.92. The molecular formula is C11H14F7N. The molecule has 0 aliphatic carbocycles. The summed E-state index contributed by atoms with van der Waals surface area (Å²) in [5.41, 5.74) is 0. The van der Waals surface area contributed by atoms with Crippen LogP contribution in [0.1, 0.15) is 13.3 Å². The van der Waals surface area contributed by atoms with E-state index in [0.717, 1.165) is 0 Å². The van der Waals surface area contributed by atoms with Gasteiger partial charge in [-0.05, 0) is 12.3 Å². The molecule has 0 aromatic heterocycles. The Hall–Kier alpha value is -0.790. The van der Waals surface area contributed by atoms with Crippen molar-refractivity contribution < 1.29 is 30.7 Å². The molecule has 0 saturated carbocycles. The summed E-state index contributed by atoms with van der Waals surface area (Å²) < 4.78 is 88.9. The molecule has 1 saturated heterocycles. The van der Waals surface area contributed by atoms with Crippen LogP contribution >= 0.6 is 0 Å². The van der Waals surface area contributed by atoms with E-state index in [1.54, 1.807) is 0 Å². The SMILES string of the molecule is C=C(F)C(N1CC(C)CC(C(F)(F)F)C1)C(F)(F)F. The van der Waals surface area contributed by atoms with Crippen LogP contribution in [0.2, 0.25) is 0 Å². The fourth-order valence-electron chi connectivity index (χ4n) is 2.42. The molecule has 1 aliphatic rings. The Bertz CT molecular complexity index is 333. The molecule has 112 valence electrons. The third-order valence-electron chi connectivity index (χ3n) is 3.12. The summed E-state index contributed by atoms with van der Waals surface area (Å²) in [6.07, 6.45) is -9.80. The van der Waals surface area contributed by atoms with Gasteiger partial charge in [-0.3, -0.25) is 4.90 Å². The Morgan fingerprint density at radius 3 is 2.05 bits per heavy atom. The smallest absolute Gasteiger partial charge is 0.286 e. The predicted molar refractivity (Wildman–Crippen MR) is 55.0 cm³/mol. The number of piperidine rings is 1. The number of halogens is 7. The minimum absolute atomic E-state index is 0.236. The molecule has 0 bridgehead atoms. The number of rotatable bonds is 2. The molecule has 3 atom stereocenters. The monoisotopic (exact) mass is 293 g/mol. The van der Waals surface area contributed by atoms with Gasteiger partial charge < -0.3 is 0 Å². The van der Waals surface area contributed by atoms with Crippen molar-refractivity contribution in [3.05, 3.63) is 12.4 Å². The molecule has 0 amide bonds. The lowest BCUT2D eigenvalue weighted by molar-refractivity contribution is -0.216. The minimum atomic E-state index is -4.97. The van der Waals surface area contributed by atoms with Gasteiger partial charge in [-0.25, -0.2) is 4.39 Å². The normalized spacial score (nSPS) is 28.2. The van der Waals surface area contributed by atoms with Gasteiger partial charge in [-0.1, -0.05) is 13.5 Å². The molecule has 0 spiro atoms. The molecule has 8 heteroatoms. The Kier molecular flexibility index (Phi) is 4.54. The summed E-state index contributed by atoms with van der Waals surface area (Å²) in [5, 5.41) is 0. The maximum atomic E-state index is 13.0. The van der Waals surface area contributed by atoms with E-state index in [4.69, 9.17) is 0 Å². The summed E-state index contributed by atoms with van der Waals surface area (Å²) in [7, 11) is 0. The first-order valence-electron chi connectivity index (χ1n) is 5.64. The molecule has 0 radical (unpaired) electrons. The number of hydrogen-bond donors (Lipinski definition) is 0. The van der Waals surface area contributed by atoms with Crippen molar-refractivity contribution in [3.63, 3.8) is 0 Å². The molecule has 0 aromatic rings. The van der Waals surface area contributed by atoms with Crippen molar-refractivity contribution >= 4 is 0 Å². The molecule has 1 heterocycles. The van der Waals surface area contributed by atoms with Gasteiger partial charge in [0.1, 0.15) is 5.83 Å². The lowest BCUT2D eigenvalue weighted by Crippen LogP contribution is -2.54. The largest absolute Gasteiger partial charge is 0.410 e. The highest BCUT2D eigenvalue weighted by Crippen LogP contribution is 2.39. The first kappa shape index (κ1) is 16.3. The van der Waals surface area contributed by atoms with Crippen molar-refractivity contribution in [1.29, 1.82) is 0 Å². The fourth-order valence-corrected chi connectivity index (χ4v) is 2.42. The van der Waals surface area contributed by atoms with Crippen LogP contribution < -0.4 is 0 Å². The average molecular weight is 293 g/mol. The van der Waals surface area contributed by atoms with Gasteiger partial charge in [-0.15, -0.1) is 0 Å². The van der Waals surface area contributed by atoms with E-state index >= 15 is 0 Å². The highest BCUT2D eigenvalue weighted by Gasteiger charge is 2.51. The Morgan fingerprint density at radius 1 is 1.16 bits per heavy atom. The van der Waals surface area contributed by atoms with Gasteiger partial charge in [0, 0.05) is 13.1 Å². The zero-order chi connectivity index (χ0) is 15.0. The molecule has 1 aliphatic heterocycles. The maximum Gasteiger partial charge on any atom is 0.410 e. The summed E-state index contributed by atoms with van der Waals surface area (Å²) in [4.78, 5) is 0.481. The van der Waals surface area contributed by atoms with Crippen molar-refractivity contribution in [3.8, 4) is 0 Å². The molecule has 1 fully saturated rings. The summed E-state index contributed by atoms with van der Waals surface area (Å²) in [6, 6.07) is -2.67. The average Bonchev–Trinajstić information content (AvgIpc) is 2.11. The molecular weight excluding hydrogens is 279 g/mol. The van der Waals surface area contributed by atoms with E-state index in [9.17, 15) is 30.7 Å². The van der Waals surface area contributed by atoms with Crippen LogP contribution in [-0.2, 0) is 0 Å². The van der Waals surface area contributed by atoms with Gasteiger partial charge >= 0.3 is 12.4 Å². The topological polar surface area (TPSA) is 3.24 Å². The van der Waals surface area contributed by atoms with E-state index in [1.807, 2.05) is 0 Å². The Labute approximate surface area is 106 Å². The van der Waals surface area contributed by atoms with Gasteiger partial charge in [-0.2, -0.15) is 26.3 Å². The van der Waals surface area contributed by atoms with E-state index < -0.39 is 42.6 Å². The Morgan fingerprint density at radius 2 is 1.68 bits per heavy atom. The molecule has 1 nitrogen and oxygen atoms in total. The van der Waals surface area contributed by atoms with Crippen LogP contribution in [0.3, 0.4) is 0 Å². The number of alkyl halides is 6.